The topological polar surface area (TPSA) is 45.5 Å². The summed E-state index contributed by atoms with van der Waals surface area (Å²) in [6.45, 7) is 2.53. The van der Waals surface area contributed by atoms with E-state index in [0.29, 0.717) is 22.3 Å². The third-order valence-corrected chi connectivity index (χ3v) is 5.20. The minimum Gasteiger partial charge on any atom is -0.463 e. The summed E-state index contributed by atoms with van der Waals surface area (Å²) in [6.07, 6.45) is 0. The van der Waals surface area contributed by atoms with Crippen molar-refractivity contribution in [3.8, 4) is 0 Å². The molecule has 1 aliphatic heterocycles. The Morgan fingerprint density at radius 1 is 1.32 bits per heavy atom. The summed E-state index contributed by atoms with van der Waals surface area (Å²) in [5.74, 6) is 2.46. The van der Waals surface area contributed by atoms with Crippen molar-refractivity contribution < 1.29 is 9.21 Å². The lowest BCUT2D eigenvalue weighted by atomic mass is 10.3. The van der Waals surface area contributed by atoms with Gasteiger partial charge in [-0.05, 0) is 31.2 Å². The maximum absolute atomic E-state index is 12.6. The van der Waals surface area contributed by atoms with Gasteiger partial charge in [-0.3, -0.25) is 0 Å². The molecule has 1 aromatic carbocycles. The fourth-order valence-corrected chi connectivity index (χ4v) is 3.99. The molecule has 2 amide bonds. The highest BCUT2D eigenvalue weighted by Crippen LogP contribution is 2.39. The monoisotopic (exact) mass is 356 g/mol. The van der Waals surface area contributed by atoms with Gasteiger partial charge in [-0.1, -0.05) is 29.3 Å². The number of hydrogen-bond acceptors (Lipinski definition) is 3. The van der Waals surface area contributed by atoms with Gasteiger partial charge in [0.2, 0.25) is 0 Å². The van der Waals surface area contributed by atoms with Crippen molar-refractivity contribution in [1.29, 1.82) is 0 Å². The fourth-order valence-electron chi connectivity index (χ4n) is 2.30. The predicted octanol–water partition coefficient (Wildman–Crippen LogP) is 5.17. The second-order valence-electron chi connectivity index (χ2n) is 4.89. The van der Waals surface area contributed by atoms with Gasteiger partial charge in [0, 0.05) is 12.3 Å². The molecule has 0 bridgehead atoms. The van der Waals surface area contributed by atoms with Crippen molar-refractivity contribution in [2.75, 3.05) is 17.6 Å². The van der Waals surface area contributed by atoms with Gasteiger partial charge >= 0.3 is 6.03 Å². The highest BCUT2D eigenvalue weighted by atomic mass is 35.5. The minimum atomic E-state index is -0.237. The fraction of sp³-hybridized carbons (Fsp3) is 0.267. The molecule has 116 valence electrons. The normalized spacial score (nSPS) is 17.8. The molecular formula is C15H14Cl2N2O2S. The molecule has 1 N–H and O–H groups in total. The molecule has 0 radical (unpaired) electrons. The number of furan rings is 1. The molecule has 3 rings (SSSR count). The maximum atomic E-state index is 12.6. The van der Waals surface area contributed by atoms with E-state index in [1.165, 1.54) is 0 Å². The van der Waals surface area contributed by atoms with Crippen LogP contribution in [0.2, 0.25) is 10.0 Å². The first kappa shape index (κ1) is 15.6. The SMILES string of the molecule is Cc1ccc([C@H]2SCCN2C(=O)Nc2c(Cl)cccc2Cl)o1. The lowest BCUT2D eigenvalue weighted by molar-refractivity contribution is 0.209. The number of anilines is 1. The molecule has 7 heteroatoms. The van der Waals surface area contributed by atoms with E-state index in [9.17, 15) is 4.79 Å². The number of urea groups is 1. The molecule has 0 saturated carbocycles. The maximum Gasteiger partial charge on any atom is 0.323 e. The lowest BCUT2D eigenvalue weighted by Gasteiger charge is -2.23. The van der Waals surface area contributed by atoms with Crippen LogP contribution in [-0.2, 0) is 0 Å². The van der Waals surface area contributed by atoms with Gasteiger partial charge in [0.15, 0.2) is 0 Å². The number of halogens is 2. The molecule has 0 spiro atoms. The van der Waals surface area contributed by atoms with Crippen molar-refractivity contribution in [1.82, 2.24) is 4.90 Å². The number of aryl methyl sites for hydroxylation is 1. The van der Waals surface area contributed by atoms with Crippen molar-refractivity contribution in [3.05, 3.63) is 51.9 Å². The van der Waals surface area contributed by atoms with Crippen LogP contribution in [0.25, 0.3) is 0 Å². The van der Waals surface area contributed by atoms with E-state index in [2.05, 4.69) is 5.32 Å². The summed E-state index contributed by atoms with van der Waals surface area (Å²) in [7, 11) is 0. The molecule has 2 aromatic rings. The molecule has 4 nitrogen and oxygen atoms in total. The van der Waals surface area contributed by atoms with E-state index in [1.807, 2.05) is 19.1 Å². The van der Waals surface area contributed by atoms with Gasteiger partial charge in [0.05, 0.1) is 15.7 Å². The number of amides is 2. The third-order valence-electron chi connectivity index (χ3n) is 3.35. The number of rotatable bonds is 2. The zero-order valence-corrected chi connectivity index (χ0v) is 14.1. The summed E-state index contributed by atoms with van der Waals surface area (Å²) < 4.78 is 5.65. The molecule has 0 unspecified atom stereocenters. The Kier molecular flexibility index (Phi) is 4.57. The van der Waals surface area contributed by atoms with Gasteiger partial charge in [0.25, 0.3) is 0 Å². The van der Waals surface area contributed by atoms with Crippen LogP contribution >= 0.6 is 35.0 Å². The molecular weight excluding hydrogens is 343 g/mol. The molecule has 22 heavy (non-hydrogen) atoms. The zero-order chi connectivity index (χ0) is 15.7. The molecule has 1 aliphatic rings. The first-order valence-electron chi connectivity index (χ1n) is 6.76. The van der Waals surface area contributed by atoms with Crippen molar-refractivity contribution in [3.63, 3.8) is 0 Å². The Hall–Kier alpha value is -1.30. The quantitative estimate of drug-likeness (QED) is 0.806. The smallest absolute Gasteiger partial charge is 0.323 e. The Labute approximate surface area is 142 Å². The van der Waals surface area contributed by atoms with E-state index >= 15 is 0 Å². The lowest BCUT2D eigenvalue weighted by Crippen LogP contribution is -2.34. The van der Waals surface area contributed by atoms with E-state index < -0.39 is 0 Å². The van der Waals surface area contributed by atoms with Gasteiger partial charge in [0.1, 0.15) is 16.9 Å². The number of para-hydroxylation sites is 1. The van der Waals surface area contributed by atoms with Crippen LogP contribution in [0.1, 0.15) is 16.9 Å². The van der Waals surface area contributed by atoms with Crippen LogP contribution in [0.3, 0.4) is 0 Å². The number of nitrogens with zero attached hydrogens (tertiary/aromatic N) is 1. The minimum absolute atomic E-state index is 0.130. The van der Waals surface area contributed by atoms with Crippen LogP contribution in [0, 0.1) is 6.92 Å². The first-order chi connectivity index (χ1) is 10.6. The first-order valence-corrected chi connectivity index (χ1v) is 8.56. The number of nitrogens with one attached hydrogen (secondary N) is 1. The third kappa shape index (κ3) is 3.07. The zero-order valence-electron chi connectivity index (χ0n) is 11.8. The van der Waals surface area contributed by atoms with Crippen molar-refractivity contribution >= 4 is 46.7 Å². The number of hydrogen-bond donors (Lipinski definition) is 1. The Morgan fingerprint density at radius 2 is 2.05 bits per heavy atom. The van der Waals surface area contributed by atoms with E-state index in [0.717, 1.165) is 17.3 Å². The largest absolute Gasteiger partial charge is 0.463 e. The van der Waals surface area contributed by atoms with Gasteiger partial charge < -0.3 is 14.6 Å². The van der Waals surface area contributed by atoms with Crippen LogP contribution in [-0.4, -0.2) is 23.2 Å². The number of carbonyl (C=O) groups is 1. The van der Waals surface area contributed by atoms with Crippen LogP contribution in [0.15, 0.2) is 34.7 Å². The van der Waals surface area contributed by atoms with E-state index in [-0.39, 0.29) is 11.4 Å². The molecule has 0 aliphatic carbocycles. The Bertz CT molecular complexity index is 684. The van der Waals surface area contributed by atoms with Crippen molar-refractivity contribution in [2.24, 2.45) is 0 Å². The standard InChI is InChI=1S/C15H14Cl2N2O2S/c1-9-5-6-12(21-9)14-19(7-8-22-14)15(20)18-13-10(16)3-2-4-11(13)17/h2-6,14H,7-8H2,1H3,(H,18,20)/t14-/m1/s1. The van der Waals surface area contributed by atoms with Crippen LogP contribution in [0.5, 0.6) is 0 Å². The summed E-state index contributed by atoms with van der Waals surface area (Å²) in [4.78, 5) is 14.3. The predicted molar refractivity (Wildman–Crippen MR) is 90.8 cm³/mol. The second-order valence-corrected chi connectivity index (χ2v) is 6.89. The molecule has 1 atom stereocenters. The average molecular weight is 357 g/mol. The van der Waals surface area contributed by atoms with E-state index in [4.69, 9.17) is 27.6 Å². The average Bonchev–Trinajstić information content (AvgIpc) is 3.11. The molecule has 1 aromatic heterocycles. The summed E-state index contributed by atoms with van der Waals surface area (Å²) >= 11 is 13.9. The number of carbonyl (C=O) groups excluding carboxylic acids is 1. The van der Waals surface area contributed by atoms with Gasteiger partial charge in [-0.15, -0.1) is 11.8 Å². The summed E-state index contributed by atoms with van der Waals surface area (Å²) in [6, 6.07) is 8.68. The molecule has 1 saturated heterocycles. The Balaban J connectivity index is 1.79. The van der Waals surface area contributed by atoms with Crippen LogP contribution in [0.4, 0.5) is 10.5 Å². The van der Waals surface area contributed by atoms with Crippen molar-refractivity contribution in [2.45, 2.75) is 12.3 Å². The van der Waals surface area contributed by atoms with Gasteiger partial charge in [-0.25, -0.2) is 4.79 Å². The van der Waals surface area contributed by atoms with E-state index in [1.54, 1.807) is 34.9 Å². The number of thioether (sulfide) groups is 1. The molecule has 2 heterocycles. The van der Waals surface area contributed by atoms with Gasteiger partial charge in [-0.2, -0.15) is 0 Å². The highest BCUT2D eigenvalue weighted by molar-refractivity contribution is 7.99. The molecule has 1 fully saturated rings. The summed E-state index contributed by atoms with van der Waals surface area (Å²) in [5, 5.41) is 3.50. The number of benzene rings is 1. The Morgan fingerprint density at radius 3 is 2.68 bits per heavy atom. The second kappa shape index (κ2) is 6.44. The highest BCUT2D eigenvalue weighted by Gasteiger charge is 2.33. The summed E-state index contributed by atoms with van der Waals surface area (Å²) in [5.41, 5.74) is 0.433. The van der Waals surface area contributed by atoms with Crippen LogP contribution < -0.4 is 5.32 Å².